The summed E-state index contributed by atoms with van der Waals surface area (Å²) >= 11 is 5.62. The van der Waals surface area contributed by atoms with Crippen molar-refractivity contribution in [3.8, 4) is 6.07 Å². The number of esters is 1. The van der Waals surface area contributed by atoms with Crippen LogP contribution in [0.25, 0.3) is 0 Å². The molecule has 7 heteroatoms. The maximum Gasteiger partial charge on any atom is 0.338 e. The Labute approximate surface area is 108 Å². The van der Waals surface area contributed by atoms with Gasteiger partial charge in [0.05, 0.1) is 12.2 Å². The zero-order chi connectivity index (χ0) is 13.7. The molecule has 2 unspecified atom stereocenters. The van der Waals surface area contributed by atoms with Crippen LogP contribution in [-0.2, 0) is 9.53 Å². The van der Waals surface area contributed by atoms with Crippen molar-refractivity contribution in [3.63, 3.8) is 0 Å². The molecule has 0 saturated heterocycles. The molecule has 0 aliphatic heterocycles. The van der Waals surface area contributed by atoms with E-state index in [0.29, 0.717) is 0 Å². The van der Waals surface area contributed by atoms with Crippen molar-refractivity contribution >= 4 is 17.6 Å². The second-order valence-electron chi connectivity index (χ2n) is 3.36. The lowest BCUT2D eigenvalue weighted by atomic mass is 10.1. The maximum atomic E-state index is 11.2. The third kappa shape index (κ3) is 3.17. The first-order valence-electron chi connectivity index (χ1n) is 5.09. The minimum atomic E-state index is -1.74. The van der Waals surface area contributed by atoms with Crippen molar-refractivity contribution in [2.75, 3.05) is 6.61 Å². The van der Waals surface area contributed by atoms with Gasteiger partial charge in [-0.25, -0.2) is 9.78 Å². The highest BCUT2D eigenvalue weighted by molar-refractivity contribution is 6.30. The van der Waals surface area contributed by atoms with Crippen molar-refractivity contribution in [1.29, 1.82) is 5.26 Å². The summed E-state index contributed by atoms with van der Waals surface area (Å²) in [6.45, 7) is 1.67. The van der Waals surface area contributed by atoms with E-state index in [1.54, 1.807) is 13.0 Å². The number of nitrogens with zero attached hydrogens (tertiary/aromatic N) is 2. The smallest absolute Gasteiger partial charge is 0.338 e. The molecular weight excluding hydrogens is 260 g/mol. The number of aliphatic hydroxyl groups is 2. The van der Waals surface area contributed by atoms with Gasteiger partial charge in [0.15, 0.2) is 6.10 Å². The Morgan fingerprint density at radius 1 is 1.67 bits per heavy atom. The molecule has 2 atom stereocenters. The first-order valence-corrected chi connectivity index (χ1v) is 5.47. The minimum absolute atomic E-state index is 0.0147. The van der Waals surface area contributed by atoms with Crippen LogP contribution in [0.2, 0.25) is 5.15 Å². The number of ether oxygens (including phenoxy) is 1. The SMILES string of the molecule is CCOC(=O)C(O)C(O)c1cnc(Cl)c(C#N)c1. The van der Waals surface area contributed by atoms with E-state index in [4.69, 9.17) is 16.9 Å². The zero-order valence-electron chi connectivity index (χ0n) is 9.50. The fourth-order valence-corrected chi connectivity index (χ4v) is 1.39. The van der Waals surface area contributed by atoms with Gasteiger partial charge < -0.3 is 14.9 Å². The third-order valence-corrected chi connectivity index (χ3v) is 2.45. The number of rotatable bonds is 4. The monoisotopic (exact) mass is 270 g/mol. The molecule has 96 valence electrons. The molecule has 0 aliphatic rings. The predicted octanol–water partition coefficient (Wildman–Crippen LogP) is 0.564. The number of hydrogen-bond acceptors (Lipinski definition) is 6. The van der Waals surface area contributed by atoms with Gasteiger partial charge >= 0.3 is 5.97 Å². The Bertz CT molecular complexity index is 486. The van der Waals surface area contributed by atoms with E-state index in [0.717, 1.165) is 0 Å². The molecule has 1 heterocycles. The van der Waals surface area contributed by atoms with Crippen LogP contribution in [0.15, 0.2) is 12.3 Å². The maximum absolute atomic E-state index is 11.2. The Balaban J connectivity index is 2.94. The number of carbonyl (C=O) groups excluding carboxylic acids is 1. The van der Waals surface area contributed by atoms with Gasteiger partial charge in [-0.1, -0.05) is 11.6 Å². The average Bonchev–Trinajstić information content (AvgIpc) is 2.38. The van der Waals surface area contributed by atoms with Crippen LogP contribution >= 0.6 is 11.6 Å². The average molecular weight is 271 g/mol. The van der Waals surface area contributed by atoms with E-state index in [2.05, 4.69) is 9.72 Å². The standard InChI is InChI=1S/C11H11ClN2O4/c1-2-18-11(17)9(16)8(15)7-3-6(4-13)10(12)14-5-7/h3,5,8-9,15-16H,2H2,1H3. The van der Waals surface area contributed by atoms with Gasteiger partial charge in [-0.2, -0.15) is 5.26 Å². The van der Waals surface area contributed by atoms with Gasteiger partial charge in [0.25, 0.3) is 0 Å². The second-order valence-corrected chi connectivity index (χ2v) is 3.72. The number of aromatic nitrogens is 1. The van der Waals surface area contributed by atoms with Crippen LogP contribution in [0.3, 0.4) is 0 Å². The van der Waals surface area contributed by atoms with Crippen molar-refractivity contribution in [2.24, 2.45) is 0 Å². The summed E-state index contributed by atoms with van der Waals surface area (Å²) in [6.07, 6.45) is -2.09. The number of aliphatic hydroxyl groups excluding tert-OH is 2. The molecule has 1 rings (SSSR count). The summed E-state index contributed by atoms with van der Waals surface area (Å²) in [6, 6.07) is 3.03. The van der Waals surface area contributed by atoms with Crippen molar-refractivity contribution in [1.82, 2.24) is 4.98 Å². The van der Waals surface area contributed by atoms with E-state index >= 15 is 0 Å². The number of nitriles is 1. The van der Waals surface area contributed by atoms with Gasteiger partial charge in [-0.15, -0.1) is 0 Å². The summed E-state index contributed by atoms with van der Waals surface area (Å²) in [4.78, 5) is 14.9. The first-order chi connectivity index (χ1) is 8.51. The highest BCUT2D eigenvalue weighted by Crippen LogP contribution is 2.21. The predicted molar refractivity (Wildman–Crippen MR) is 61.6 cm³/mol. The number of hydrogen-bond donors (Lipinski definition) is 2. The lowest BCUT2D eigenvalue weighted by Gasteiger charge is -2.16. The molecule has 0 aromatic carbocycles. The first kappa shape index (κ1) is 14.4. The fraction of sp³-hybridized carbons (Fsp3) is 0.364. The summed E-state index contributed by atoms with van der Waals surface area (Å²) in [5.74, 6) is -0.946. The topological polar surface area (TPSA) is 103 Å². The summed E-state index contributed by atoms with van der Waals surface area (Å²) in [7, 11) is 0. The lowest BCUT2D eigenvalue weighted by Crippen LogP contribution is -2.30. The Kier molecular flexibility index (Phi) is 5.04. The second kappa shape index (κ2) is 6.31. The number of carbonyl (C=O) groups is 1. The van der Waals surface area contributed by atoms with Crippen LogP contribution in [0, 0.1) is 11.3 Å². The fourth-order valence-electron chi connectivity index (χ4n) is 1.24. The molecule has 6 nitrogen and oxygen atoms in total. The van der Waals surface area contributed by atoms with E-state index in [9.17, 15) is 15.0 Å². The van der Waals surface area contributed by atoms with Crippen molar-refractivity contribution in [3.05, 3.63) is 28.5 Å². The molecule has 1 aromatic rings. The summed E-state index contributed by atoms with van der Waals surface area (Å²) in [5, 5.41) is 28.0. The number of pyridine rings is 1. The van der Waals surface area contributed by atoms with Crippen LogP contribution in [0.5, 0.6) is 0 Å². The molecule has 0 saturated carbocycles. The van der Waals surface area contributed by atoms with Gasteiger partial charge in [0, 0.05) is 11.8 Å². The molecule has 0 bridgehead atoms. The normalized spacial score (nSPS) is 13.5. The third-order valence-electron chi connectivity index (χ3n) is 2.15. The quantitative estimate of drug-likeness (QED) is 0.612. The van der Waals surface area contributed by atoms with Gasteiger partial charge in [-0.3, -0.25) is 0 Å². The highest BCUT2D eigenvalue weighted by atomic mass is 35.5. The summed E-state index contributed by atoms with van der Waals surface area (Å²) in [5.41, 5.74) is 0.153. The Hall–Kier alpha value is -1.68. The number of halogens is 1. The molecule has 18 heavy (non-hydrogen) atoms. The van der Waals surface area contributed by atoms with Gasteiger partial charge in [0.1, 0.15) is 17.3 Å². The van der Waals surface area contributed by atoms with Crippen molar-refractivity contribution < 1.29 is 19.7 Å². The van der Waals surface area contributed by atoms with E-state index < -0.39 is 18.2 Å². The molecule has 0 amide bonds. The van der Waals surface area contributed by atoms with Crippen LogP contribution in [0.1, 0.15) is 24.2 Å². The molecule has 0 aliphatic carbocycles. The highest BCUT2D eigenvalue weighted by Gasteiger charge is 2.27. The van der Waals surface area contributed by atoms with Gasteiger partial charge in [0.2, 0.25) is 0 Å². The lowest BCUT2D eigenvalue weighted by molar-refractivity contribution is -0.159. The minimum Gasteiger partial charge on any atom is -0.464 e. The molecule has 2 N–H and O–H groups in total. The van der Waals surface area contributed by atoms with Gasteiger partial charge in [-0.05, 0) is 13.0 Å². The zero-order valence-corrected chi connectivity index (χ0v) is 10.3. The molecular formula is C11H11ClN2O4. The Morgan fingerprint density at radius 2 is 2.33 bits per heavy atom. The van der Waals surface area contributed by atoms with Crippen LogP contribution in [-0.4, -0.2) is 33.9 Å². The molecule has 0 spiro atoms. The van der Waals surface area contributed by atoms with E-state index in [-0.39, 0.29) is 22.9 Å². The summed E-state index contributed by atoms with van der Waals surface area (Å²) < 4.78 is 4.57. The molecule has 1 aromatic heterocycles. The molecule has 0 radical (unpaired) electrons. The van der Waals surface area contributed by atoms with Crippen LogP contribution < -0.4 is 0 Å². The Morgan fingerprint density at radius 3 is 2.89 bits per heavy atom. The largest absolute Gasteiger partial charge is 0.464 e. The van der Waals surface area contributed by atoms with Crippen molar-refractivity contribution in [2.45, 2.75) is 19.1 Å². The van der Waals surface area contributed by atoms with E-state index in [1.807, 2.05) is 0 Å². The molecule has 0 fully saturated rings. The van der Waals surface area contributed by atoms with E-state index in [1.165, 1.54) is 12.3 Å². The van der Waals surface area contributed by atoms with Crippen LogP contribution in [0.4, 0.5) is 0 Å².